The Labute approximate surface area is 145 Å². The molecule has 1 N–H and O–H groups in total. The summed E-state index contributed by atoms with van der Waals surface area (Å²) in [5.74, 6) is 0.611. The van der Waals surface area contributed by atoms with Crippen molar-refractivity contribution >= 4 is 12.0 Å². The van der Waals surface area contributed by atoms with E-state index in [9.17, 15) is 9.59 Å². The monoisotopic (exact) mass is 349 g/mol. The molecular weight excluding hydrogens is 326 g/mol. The van der Waals surface area contributed by atoms with Gasteiger partial charge < -0.3 is 24.2 Å². The maximum Gasteiger partial charge on any atom is 0.320 e. The molecule has 0 aliphatic carbocycles. The van der Waals surface area contributed by atoms with Crippen molar-refractivity contribution < 1.29 is 14.3 Å². The molecule has 0 spiro atoms. The number of amides is 2. The average molecular weight is 349 g/mol. The van der Waals surface area contributed by atoms with Crippen molar-refractivity contribution in [3.8, 4) is 0 Å². The first-order valence-electron chi connectivity index (χ1n) is 8.79. The SMILES string of the molecule is O=C(N1CCOCC1)N1CCc2nc(N3CCOCC3)[nH]c(=O)c2C1. The molecule has 3 aliphatic rings. The molecule has 2 fully saturated rings. The largest absolute Gasteiger partial charge is 0.378 e. The molecule has 2 amide bonds. The molecule has 1 aromatic rings. The van der Waals surface area contributed by atoms with Crippen molar-refractivity contribution in [1.29, 1.82) is 0 Å². The van der Waals surface area contributed by atoms with Gasteiger partial charge in [0.1, 0.15) is 0 Å². The van der Waals surface area contributed by atoms with Gasteiger partial charge in [0.15, 0.2) is 0 Å². The van der Waals surface area contributed by atoms with E-state index in [4.69, 9.17) is 9.47 Å². The van der Waals surface area contributed by atoms with Gasteiger partial charge in [0, 0.05) is 39.1 Å². The molecule has 25 heavy (non-hydrogen) atoms. The number of aromatic amines is 1. The minimum atomic E-state index is -0.147. The summed E-state index contributed by atoms with van der Waals surface area (Å²) in [6, 6.07) is -0.0226. The van der Waals surface area contributed by atoms with E-state index in [-0.39, 0.29) is 11.6 Å². The minimum Gasteiger partial charge on any atom is -0.378 e. The number of aromatic nitrogens is 2. The number of nitrogens with one attached hydrogen (secondary N) is 1. The summed E-state index contributed by atoms with van der Waals surface area (Å²) in [7, 11) is 0. The molecule has 0 saturated carbocycles. The van der Waals surface area contributed by atoms with Crippen molar-refractivity contribution in [3.63, 3.8) is 0 Å². The predicted octanol–water partition coefficient (Wildman–Crippen LogP) is -0.583. The molecule has 4 rings (SSSR count). The lowest BCUT2D eigenvalue weighted by molar-refractivity contribution is 0.0420. The highest BCUT2D eigenvalue weighted by Crippen LogP contribution is 2.18. The summed E-state index contributed by atoms with van der Waals surface area (Å²) < 4.78 is 10.6. The molecule has 9 heteroatoms. The topological polar surface area (TPSA) is 91.0 Å². The van der Waals surface area contributed by atoms with E-state index in [1.54, 1.807) is 9.80 Å². The smallest absolute Gasteiger partial charge is 0.320 e. The number of fused-ring (bicyclic) bond motifs is 1. The molecule has 2 saturated heterocycles. The second-order valence-electron chi connectivity index (χ2n) is 6.47. The van der Waals surface area contributed by atoms with Crippen molar-refractivity contribution in [2.45, 2.75) is 13.0 Å². The zero-order valence-corrected chi connectivity index (χ0v) is 14.2. The van der Waals surface area contributed by atoms with E-state index in [0.29, 0.717) is 70.5 Å². The van der Waals surface area contributed by atoms with Gasteiger partial charge in [-0.3, -0.25) is 9.78 Å². The lowest BCUT2D eigenvalue weighted by atomic mass is 10.1. The Hall–Kier alpha value is -2.13. The lowest BCUT2D eigenvalue weighted by Gasteiger charge is -2.35. The van der Waals surface area contributed by atoms with Crippen LogP contribution in [0.5, 0.6) is 0 Å². The number of H-pyrrole nitrogens is 1. The zero-order valence-electron chi connectivity index (χ0n) is 14.2. The van der Waals surface area contributed by atoms with Gasteiger partial charge in [-0.1, -0.05) is 0 Å². The minimum absolute atomic E-state index is 0.0226. The fourth-order valence-electron chi connectivity index (χ4n) is 3.45. The van der Waals surface area contributed by atoms with E-state index >= 15 is 0 Å². The number of carbonyl (C=O) groups excluding carboxylic acids is 1. The van der Waals surface area contributed by atoms with Crippen LogP contribution in [0.15, 0.2) is 4.79 Å². The van der Waals surface area contributed by atoms with Gasteiger partial charge in [-0.2, -0.15) is 0 Å². The predicted molar refractivity (Wildman–Crippen MR) is 89.8 cm³/mol. The molecular formula is C16H23N5O4. The Morgan fingerprint density at radius 3 is 2.36 bits per heavy atom. The van der Waals surface area contributed by atoms with E-state index in [2.05, 4.69) is 9.97 Å². The Kier molecular flexibility index (Phi) is 4.58. The molecule has 0 bridgehead atoms. The molecule has 0 atom stereocenters. The highest BCUT2D eigenvalue weighted by Gasteiger charge is 2.29. The van der Waals surface area contributed by atoms with Gasteiger partial charge in [0.2, 0.25) is 5.95 Å². The molecule has 136 valence electrons. The molecule has 3 aliphatic heterocycles. The summed E-state index contributed by atoms with van der Waals surface area (Å²) in [5, 5.41) is 0. The van der Waals surface area contributed by atoms with Crippen LogP contribution in [0.2, 0.25) is 0 Å². The van der Waals surface area contributed by atoms with Crippen LogP contribution in [-0.2, 0) is 22.4 Å². The van der Waals surface area contributed by atoms with Gasteiger partial charge in [0.05, 0.1) is 44.2 Å². The quantitative estimate of drug-likeness (QED) is 0.729. The second kappa shape index (κ2) is 7.01. The number of rotatable bonds is 1. The van der Waals surface area contributed by atoms with Gasteiger partial charge >= 0.3 is 6.03 Å². The first kappa shape index (κ1) is 16.3. The molecule has 1 aromatic heterocycles. The summed E-state index contributed by atoms with van der Waals surface area (Å²) in [6.07, 6.45) is 0.604. The number of urea groups is 1. The van der Waals surface area contributed by atoms with Crippen LogP contribution in [-0.4, -0.2) is 85.0 Å². The Morgan fingerprint density at radius 2 is 1.64 bits per heavy atom. The molecule has 9 nitrogen and oxygen atoms in total. The number of carbonyl (C=O) groups is 1. The average Bonchev–Trinajstić information content (AvgIpc) is 2.68. The van der Waals surface area contributed by atoms with Crippen molar-refractivity contribution in [2.24, 2.45) is 0 Å². The van der Waals surface area contributed by atoms with E-state index in [1.165, 1.54) is 0 Å². The normalized spacial score (nSPS) is 21.2. The van der Waals surface area contributed by atoms with Crippen molar-refractivity contribution in [1.82, 2.24) is 19.8 Å². The number of morpholine rings is 2. The molecule has 4 heterocycles. The third-order valence-corrected chi connectivity index (χ3v) is 4.92. The first-order valence-corrected chi connectivity index (χ1v) is 8.79. The third-order valence-electron chi connectivity index (χ3n) is 4.92. The Balaban J connectivity index is 1.51. The van der Waals surface area contributed by atoms with Crippen LogP contribution in [0.1, 0.15) is 11.3 Å². The van der Waals surface area contributed by atoms with E-state index in [1.807, 2.05) is 4.90 Å². The van der Waals surface area contributed by atoms with Crippen LogP contribution in [0.25, 0.3) is 0 Å². The Bertz CT molecular complexity index is 694. The van der Waals surface area contributed by atoms with Gasteiger partial charge in [0.25, 0.3) is 5.56 Å². The summed E-state index contributed by atoms with van der Waals surface area (Å²) >= 11 is 0. The maximum atomic E-state index is 12.6. The number of hydrogen-bond acceptors (Lipinski definition) is 6. The fraction of sp³-hybridized carbons (Fsp3) is 0.688. The van der Waals surface area contributed by atoms with E-state index < -0.39 is 0 Å². The van der Waals surface area contributed by atoms with Crippen LogP contribution in [0.4, 0.5) is 10.7 Å². The number of hydrogen-bond donors (Lipinski definition) is 1. The summed E-state index contributed by atoms with van der Waals surface area (Å²) in [6.45, 7) is 5.99. The highest BCUT2D eigenvalue weighted by atomic mass is 16.5. The van der Waals surface area contributed by atoms with Gasteiger partial charge in [-0.15, -0.1) is 0 Å². The van der Waals surface area contributed by atoms with E-state index in [0.717, 1.165) is 18.8 Å². The number of anilines is 1. The van der Waals surface area contributed by atoms with Crippen LogP contribution >= 0.6 is 0 Å². The molecule has 0 radical (unpaired) electrons. The van der Waals surface area contributed by atoms with Crippen molar-refractivity contribution in [3.05, 3.63) is 21.6 Å². The van der Waals surface area contributed by atoms with Crippen LogP contribution < -0.4 is 10.5 Å². The lowest BCUT2D eigenvalue weighted by Crippen LogP contribution is -2.50. The number of nitrogens with zero attached hydrogens (tertiary/aromatic N) is 4. The van der Waals surface area contributed by atoms with Crippen LogP contribution in [0, 0.1) is 0 Å². The van der Waals surface area contributed by atoms with Crippen molar-refractivity contribution in [2.75, 3.05) is 64.1 Å². The zero-order chi connectivity index (χ0) is 17.2. The second-order valence-corrected chi connectivity index (χ2v) is 6.47. The maximum absolute atomic E-state index is 12.6. The third kappa shape index (κ3) is 3.34. The number of ether oxygens (including phenoxy) is 2. The summed E-state index contributed by atoms with van der Waals surface area (Å²) in [5.41, 5.74) is 1.26. The Morgan fingerprint density at radius 1 is 0.960 bits per heavy atom. The standard InChI is InChI=1S/C16H23N5O4/c22-14-12-11-21(16(23)20-5-9-25-10-6-20)2-1-13(12)17-15(18-14)19-3-7-24-8-4-19/h1-11H2,(H,17,18,22). The highest BCUT2D eigenvalue weighted by molar-refractivity contribution is 5.75. The fourth-order valence-corrected chi connectivity index (χ4v) is 3.45. The van der Waals surface area contributed by atoms with Gasteiger partial charge in [-0.25, -0.2) is 9.78 Å². The van der Waals surface area contributed by atoms with Gasteiger partial charge in [-0.05, 0) is 0 Å². The van der Waals surface area contributed by atoms with Crippen LogP contribution in [0.3, 0.4) is 0 Å². The molecule has 0 aromatic carbocycles. The molecule has 0 unspecified atom stereocenters. The first-order chi connectivity index (χ1) is 12.2. The summed E-state index contributed by atoms with van der Waals surface area (Å²) in [4.78, 5) is 38.3.